The summed E-state index contributed by atoms with van der Waals surface area (Å²) in [6.45, 7) is 0.237. The van der Waals surface area contributed by atoms with Gasteiger partial charge in [-0.15, -0.1) is 0 Å². The van der Waals surface area contributed by atoms with Gasteiger partial charge in [0.1, 0.15) is 16.8 Å². The van der Waals surface area contributed by atoms with Crippen molar-refractivity contribution < 1.29 is 9.50 Å². The number of aliphatic hydroxyl groups excluding tert-OH is 1. The van der Waals surface area contributed by atoms with Crippen molar-refractivity contribution in [3.05, 3.63) is 53.2 Å². The van der Waals surface area contributed by atoms with Crippen molar-refractivity contribution in [2.75, 3.05) is 11.9 Å². The van der Waals surface area contributed by atoms with Crippen LogP contribution in [0.15, 0.2) is 36.7 Å². The molecule has 0 spiro atoms. The maximum Gasteiger partial charge on any atom is 0.149 e. The lowest BCUT2D eigenvalue weighted by Gasteiger charge is -2.12. The lowest BCUT2D eigenvalue weighted by molar-refractivity contribution is 0.191. The molecule has 94 valence electrons. The summed E-state index contributed by atoms with van der Waals surface area (Å²) in [5.74, 6) is 0.142. The predicted molar refractivity (Wildman–Crippen MR) is 66.9 cm³/mol. The normalized spacial score (nSPS) is 12.2. The first-order valence-corrected chi connectivity index (χ1v) is 5.68. The summed E-state index contributed by atoms with van der Waals surface area (Å²) in [7, 11) is 0. The van der Waals surface area contributed by atoms with Crippen LogP contribution in [0.4, 0.5) is 10.2 Å². The second-order valence-electron chi connectivity index (χ2n) is 3.68. The minimum absolute atomic E-state index is 0.237. The van der Waals surface area contributed by atoms with Crippen LogP contribution in [-0.2, 0) is 0 Å². The van der Waals surface area contributed by atoms with Crippen molar-refractivity contribution in [1.29, 1.82) is 0 Å². The summed E-state index contributed by atoms with van der Waals surface area (Å²) in [6, 6.07) is 5.67. The molecular formula is C12H11ClFN3O. The molecule has 0 bridgehead atoms. The van der Waals surface area contributed by atoms with Gasteiger partial charge in [0.2, 0.25) is 0 Å². The number of hydrogen-bond donors (Lipinski definition) is 2. The number of nitrogens with one attached hydrogen (secondary N) is 1. The van der Waals surface area contributed by atoms with E-state index in [1.165, 1.54) is 36.7 Å². The average molecular weight is 268 g/mol. The molecule has 0 amide bonds. The summed E-state index contributed by atoms with van der Waals surface area (Å²) in [5.41, 5.74) is 0.624. The molecule has 1 atom stereocenters. The van der Waals surface area contributed by atoms with Gasteiger partial charge in [-0.3, -0.25) is 4.98 Å². The standard InChI is InChI=1S/C12H11ClFN3O/c13-11-6-15-7-12(17-11)16-5-10(18)8-1-3-9(14)4-2-8/h1-4,6-7,10,18H,5H2,(H,16,17). The minimum Gasteiger partial charge on any atom is -0.387 e. The fourth-order valence-electron chi connectivity index (χ4n) is 1.43. The topological polar surface area (TPSA) is 58.0 Å². The number of aromatic nitrogens is 2. The van der Waals surface area contributed by atoms with Gasteiger partial charge >= 0.3 is 0 Å². The van der Waals surface area contributed by atoms with E-state index in [9.17, 15) is 9.50 Å². The van der Waals surface area contributed by atoms with E-state index in [-0.39, 0.29) is 17.5 Å². The Bertz CT molecular complexity index is 521. The molecule has 4 nitrogen and oxygen atoms in total. The SMILES string of the molecule is OC(CNc1cncc(Cl)n1)c1ccc(F)cc1. The summed E-state index contributed by atoms with van der Waals surface area (Å²) in [6.07, 6.45) is 2.17. The highest BCUT2D eigenvalue weighted by atomic mass is 35.5. The van der Waals surface area contributed by atoms with E-state index in [0.717, 1.165) is 0 Å². The van der Waals surface area contributed by atoms with Gasteiger partial charge in [-0.05, 0) is 17.7 Å². The lowest BCUT2D eigenvalue weighted by Crippen LogP contribution is -2.13. The van der Waals surface area contributed by atoms with Crippen LogP contribution in [0, 0.1) is 5.82 Å². The quantitative estimate of drug-likeness (QED) is 0.893. The van der Waals surface area contributed by atoms with Crippen LogP contribution in [0.3, 0.4) is 0 Å². The molecular weight excluding hydrogens is 257 g/mol. The summed E-state index contributed by atoms with van der Waals surface area (Å²) in [4.78, 5) is 7.83. The highest BCUT2D eigenvalue weighted by Crippen LogP contribution is 2.14. The molecule has 2 rings (SSSR count). The Balaban J connectivity index is 1.96. The predicted octanol–water partition coefficient (Wildman–Crippen LogP) is 2.41. The zero-order valence-corrected chi connectivity index (χ0v) is 10.1. The van der Waals surface area contributed by atoms with Crippen LogP contribution in [0.25, 0.3) is 0 Å². The number of halogens is 2. The van der Waals surface area contributed by atoms with E-state index in [1.807, 2.05) is 0 Å². The fourth-order valence-corrected chi connectivity index (χ4v) is 1.58. The second kappa shape index (κ2) is 5.75. The molecule has 0 radical (unpaired) electrons. The molecule has 1 aromatic heterocycles. The number of benzene rings is 1. The first-order valence-electron chi connectivity index (χ1n) is 5.30. The zero-order valence-electron chi connectivity index (χ0n) is 9.35. The monoisotopic (exact) mass is 267 g/mol. The van der Waals surface area contributed by atoms with Gasteiger partial charge in [-0.25, -0.2) is 9.37 Å². The first kappa shape index (κ1) is 12.7. The third kappa shape index (κ3) is 3.38. The van der Waals surface area contributed by atoms with Gasteiger partial charge < -0.3 is 10.4 Å². The largest absolute Gasteiger partial charge is 0.387 e. The smallest absolute Gasteiger partial charge is 0.149 e. The first-order chi connectivity index (χ1) is 8.65. The third-order valence-corrected chi connectivity index (χ3v) is 2.52. The Hall–Kier alpha value is -1.72. The van der Waals surface area contributed by atoms with Crippen molar-refractivity contribution in [3.8, 4) is 0 Å². The molecule has 1 unspecified atom stereocenters. The fraction of sp³-hybridized carbons (Fsp3) is 0.167. The molecule has 0 fully saturated rings. The van der Waals surface area contributed by atoms with Crippen molar-refractivity contribution in [2.45, 2.75) is 6.10 Å². The van der Waals surface area contributed by atoms with Gasteiger partial charge in [-0.1, -0.05) is 23.7 Å². The molecule has 0 aliphatic rings. The maximum absolute atomic E-state index is 12.7. The van der Waals surface area contributed by atoms with E-state index < -0.39 is 6.10 Å². The molecule has 1 aromatic carbocycles. The van der Waals surface area contributed by atoms with E-state index in [2.05, 4.69) is 15.3 Å². The Morgan fingerprint density at radius 3 is 2.67 bits per heavy atom. The molecule has 1 heterocycles. The molecule has 0 saturated heterocycles. The van der Waals surface area contributed by atoms with Crippen molar-refractivity contribution in [1.82, 2.24) is 9.97 Å². The molecule has 2 N–H and O–H groups in total. The number of anilines is 1. The minimum atomic E-state index is -0.758. The number of rotatable bonds is 4. The number of aliphatic hydroxyl groups is 1. The zero-order chi connectivity index (χ0) is 13.0. The van der Waals surface area contributed by atoms with Crippen LogP contribution in [0.5, 0.6) is 0 Å². The van der Waals surface area contributed by atoms with Gasteiger partial charge in [0, 0.05) is 6.54 Å². The Kier molecular flexibility index (Phi) is 4.07. The van der Waals surface area contributed by atoms with Crippen molar-refractivity contribution in [2.24, 2.45) is 0 Å². The van der Waals surface area contributed by atoms with Crippen LogP contribution in [-0.4, -0.2) is 21.6 Å². The van der Waals surface area contributed by atoms with E-state index in [1.54, 1.807) is 0 Å². The molecule has 2 aromatic rings. The number of hydrogen-bond acceptors (Lipinski definition) is 4. The highest BCUT2D eigenvalue weighted by molar-refractivity contribution is 6.29. The Morgan fingerprint density at radius 1 is 1.28 bits per heavy atom. The highest BCUT2D eigenvalue weighted by Gasteiger charge is 2.07. The molecule has 0 saturated carbocycles. The van der Waals surface area contributed by atoms with Gasteiger partial charge in [0.05, 0.1) is 18.5 Å². The molecule has 6 heteroatoms. The van der Waals surface area contributed by atoms with E-state index in [4.69, 9.17) is 11.6 Å². The average Bonchev–Trinajstić information content (AvgIpc) is 2.37. The molecule has 0 aliphatic carbocycles. The molecule has 0 aliphatic heterocycles. The summed E-state index contributed by atoms with van der Waals surface area (Å²) >= 11 is 5.68. The van der Waals surface area contributed by atoms with E-state index in [0.29, 0.717) is 11.4 Å². The summed E-state index contributed by atoms with van der Waals surface area (Å²) < 4.78 is 12.7. The number of nitrogens with zero attached hydrogens (tertiary/aromatic N) is 2. The van der Waals surface area contributed by atoms with Gasteiger partial charge in [0.15, 0.2) is 0 Å². The van der Waals surface area contributed by atoms with E-state index >= 15 is 0 Å². The van der Waals surface area contributed by atoms with Gasteiger partial charge in [-0.2, -0.15) is 0 Å². The van der Waals surface area contributed by atoms with Gasteiger partial charge in [0.25, 0.3) is 0 Å². The third-order valence-electron chi connectivity index (χ3n) is 2.34. The maximum atomic E-state index is 12.7. The van der Waals surface area contributed by atoms with Crippen LogP contribution < -0.4 is 5.32 Å². The van der Waals surface area contributed by atoms with Crippen molar-refractivity contribution >= 4 is 17.4 Å². The summed E-state index contributed by atoms with van der Waals surface area (Å²) in [5, 5.41) is 13.0. The van der Waals surface area contributed by atoms with Crippen LogP contribution in [0.2, 0.25) is 5.15 Å². The Labute approximate surface area is 108 Å². The Morgan fingerprint density at radius 2 is 2.00 bits per heavy atom. The second-order valence-corrected chi connectivity index (χ2v) is 4.06. The van der Waals surface area contributed by atoms with Crippen molar-refractivity contribution in [3.63, 3.8) is 0 Å². The lowest BCUT2D eigenvalue weighted by atomic mass is 10.1. The van der Waals surface area contributed by atoms with Crippen LogP contribution >= 0.6 is 11.6 Å². The van der Waals surface area contributed by atoms with Crippen LogP contribution in [0.1, 0.15) is 11.7 Å². The molecule has 18 heavy (non-hydrogen) atoms.